The highest BCUT2D eigenvalue weighted by Crippen LogP contribution is 2.22. The number of nitrogens with zero attached hydrogens (tertiary/aromatic N) is 3. The zero-order valence-electron chi connectivity index (χ0n) is 9.69. The van der Waals surface area contributed by atoms with E-state index >= 15 is 0 Å². The average molecular weight is 287 g/mol. The van der Waals surface area contributed by atoms with Crippen LogP contribution in [-0.2, 0) is 13.6 Å². The molecule has 0 bridgehead atoms. The Morgan fingerprint density at radius 3 is 3.00 bits per heavy atom. The summed E-state index contributed by atoms with van der Waals surface area (Å²) >= 11 is 3.54. The van der Waals surface area contributed by atoms with Gasteiger partial charge in [-0.25, -0.2) is 0 Å². The van der Waals surface area contributed by atoms with Crippen molar-refractivity contribution in [2.75, 3.05) is 13.1 Å². The minimum atomic E-state index is 0.538. The van der Waals surface area contributed by atoms with Crippen LogP contribution in [0.2, 0.25) is 0 Å². The fourth-order valence-electron chi connectivity index (χ4n) is 2.34. The van der Waals surface area contributed by atoms with E-state index in [2.05, 4.69) is 25.9 Å². The van der Waals surface area contributed by atoms with Gasteiger partial charge in [-0.3, -0.25) is 9.58 Å². The molecule has 1 unspecified atom stereocenters. The van der Waals surface area contributed by atoms with Crippen LogP contribution in [0.25, 0.3) is 0 Å². The predicted molar refractivity (Wildman–Crippen MR) is 68.0 cm³/mol. The summed E-state index contributed by atoms with van der Waals surface area (Å²) < 4.78 is 3.03. The maximum atomic E-state index is 5.82. The van der Waals surface area contributed by atoms with Crippen LogP contribution >= 0.6 is 15.9 Å². The van der Waals surface area contributed by atoms with Gasteiger partial charge in [0.25, 0.3) is 0 Å². The summed E-state index contributed by atoms with van der Waals surface area (Å²) in [5.41, 5.74) is 7.06. The minimum Gasteiger partial charge on any atom is -0.329 e. The second kappa shape index (κ2) is 5.29. The van der Waals surface area contributed by atoms with Crippen molar-refractivity contribution in [3.8, 4) is 0 Å². The van der Waals surface area contributed by atoms with E-state index in [1.165, 1.54) is 25.0 Å². The quantitative estimate of drug-likeness (QED) is 0.916. The molecule has 1 aromatic heterocycles. The van der Waals surface area contributed by atoms with E-state index < -0.39 is 0 Å². The maximum Gasteiger partial charge on any atom is 0.0663 e. The molecule has 90 valence electrons. The van der Waals surface area contributed by atoms with Crippen LogP contribution < -0.4 is 5.73 Å². The Morgan fingerprint density at radius 1 is 1.56 bits per heavy atom. The topological polar surface area (TPSA) is 47.1 Å². The number of nitrogens with two attached hydrogens (primary N) is 1. The van der Waals surface area contributed by atoms with Crippen molar-refractivity contribution in [1.82, 2.24) is 14.7 Å². The molecule has 0 aromatic carbocycles. The Hall–Kier alpha value is -0.390. The molecule has 5 heteroatoms. The molecule has 1 saturated heterocycles. The molecule has 1 fully saturated rings. The molecule has 1 aliphatic rings. The smallest absolute Gasteiger partial charge is 0.0663 e. The van der Waals surface area contributed by atoms with E-state index in [9.17, 15) is 0 Å². The van der Waals surface area contributed by atoms with Crippen molar-refractivity contribution < 1.29 is 0 Å². The fraction of sp³-hybridized carbons (Fsp3) is 0.727. The van der Waals surface area contributed by atoms with Crippen LogP contribution in [0.15, 0.2) is 10.7 Å². The lowest BCUT2D eigenvalue weighted by molar-refractivity contribution is 0.141. The second-order valence-corrected chi connectivity index (χ2v) is 5.27. The van der Waals surface area contributed by atoms with E-state index in [1.807, 2.05) is 17.9 Å². The lowest BCUT2D eigenvalue weighted by atomic mass is 10.0. The summed E-state index contributed by atoms with van der Waals surface area (Å²) in [5.74, 6) is 0. The van der Waals surface area contributed by atoms with Gasteiger partial charge in [-0.2, -0.15) is 5.10 Å². The minimum absolute atomic E-state index is 0.538. The first kappa shape index (κ1) is 12.1. The Morgan fingerprint density at radius 2 is 2.38 bits per heavy atom. The SMILES string of the molecule is Cn1ncc(Br)c1CN1CCCCC1CN. The van der Waals surface area contributed by atoms with Crippen LogP contribution in [0, 0.1) is 0 Å². The molecule has 0 saturated carbocycles. The zero-order valence-corrected chi connectivity index (χ0v) is 11.3. The molecule has 2 heterocycles. The van der Waals surface area contributed by atoms with E-state index in [0.717, 1.165) is 24.1 Å². The summed E-state index contributed by atoms with van der Waals surface area (Å²) in [6.07, 6.45) is 5.68. The lowest BCUT2D eigenvalue weighted by Gasteiger charge is -2.34. The normalized spacial score (nSPS) is 22.6. The molecule has 1 atom stereocenters. The van der Waals surface area contributed by atoms with Crippen LogP contribution in [0.5, 0.6) is 0 Å². The van der Waals surface area contributed by atoms with E-state index in [1.54, 1.807) is 0 Å². The van der Waals surface area contributed by atoms with Gasteiger partial charge < -0.3 is 5.73 Å². The number of likely N-dealkylation sites (tertiary alicyclic amines) is 1. The Kier molecular flexibility index (Phi) is 4.00. The van der Waals surface area contributed by atoms with Crippen LogP contribution in [0.1, 0.15) is 25.0 Å². The lowest BCUT2D eigenvalue weighted by Crippen LogP contribution is -2.43. The molecule has 2 rings (SSSR count). The molecular formula is C11H19BrN4. The average Bonchev–Trinajstić information content (AvgIpc) is 2.61. The summed E-state index contributed by atoms with van der Waals surface area (Å²) in [5, 5.41) is 4.24. The molecule has 4 nitrogen and oxygen atoms in total. The summed E-state index contributed by atoms with van der Waals surface area (Å²) in [6.45, 7) is 2.86. The number of hydrogen-bond donors (Lipinski definition) is 1. The second-order valence-electron chi connectivity index (χ2n) is 4.42. The van der Waals surface area contributed by atoms with E-state index in [4.69, 9.17) is 5.73 Å². The first-order valence-corrected chi connectivity index (χ1v) is 6.62. The van der Waals surface area contributed by atoms with Gasteiger partial charge in [-0.1, -0.05) is 6.42 Å². The van der Waals surface area contributed by atoms with Crippen molar-refractivity contribution in [2.24, 2.45) is 12.8 Å². The Bertz CT molecular complexity index is 330. The monoisotopic (exact) mass is 286 g/mol. The maximum absolute atomic E-state index is 5.82. The number of halogens is 1. The van der Waals surface area contributed by atoms with Crippen LogP contribution in [-0.4, -0.2) is 33.8 Å². The first-order valence-electron chi connectivity index (χ1n) is 5.83. The number of hydrogen-bond acceptors (Lipinski definition) is 3. The number of piperidine rings is 1. The summed E-state index contributed by atoms with van der Waals surface area (Å²) in [6, 6.07) is 0.538. The standard InChI is InChI=1S/C11H19BrN4/c1-15-11(10(12)7-14-15)8-16-5-3-2-4-9(16)6-13/h7,9H,2-6,8,13H2,1H3. The molecule has 0 spiro atoms. The third-order valence-corrected chi connectivity index (χ3v) is 4.05. The van der Waals surface area contributed by atoms with Gasteiger partial charge in [0.1, 0.15) is 0 Å². The van der Waals surface area contributed by atoms with Crippen molar-refractivity contribution in [3.05, 3.63) is 16.4 Å². The number of aryl methyl sites for hydroxylation is 1. The largest absolute Gasteiger partial charge is 0.329 e. The van der Waals surface area contributed by atoms with Gasteiger partial charge in [-0.15, -0.1) is 0 Å². The molecule has 1 aromatic rings. The number of rotatable bonds is 3. The van der Waals surface area contributed by atoms with Crippen LogP contribution in [0.3, 0.4) is 0 Å². The van der Waals surface area contributed by atoms with Gasteiger partial charge in [0.15, 0.2) is 0 Å². The Labute approximate surface area is 105 Å². The molecular weight excluding hydrogens is 268 g/mol. The molecule has 0 amide bonds. The van der Waals surface area contributed by atoms with Crippen molar-refractivity contribution in [1.29, 1.82) is 0 Å². The highest BCUT2D eigenvalue weighted by atomic mass is 79.9. The molecule has 2 N–H and O–H groups in total. The molecule has 16 heavy (non-hydrogen) atoms. The van der Waals surface area contributed by atoms with Gasteiger partial charge >= 0.3 is 0 Å². The van der Waals surface area contributed by atoms with Crippen molar-refractivity contribution in [2.45, 2.75) is 31.8 Å². The summed E-state index contributed by atoms with van der Waals surface area (Å²) in [4.78, 5) is 2.48. The third kappa shape index (κ3) is 2.47. The van der Waals surface area contributed by atoms with Gasteiger partial charge in [-0.05, 0) is 35.3 Å². The predicted octanol–water partition coefficient (Wildman–Crippen LogP) is 1.50. The van der Waals surface area contributed by atoms with Crippen molar-refractivity contribution in [3.63, 3.8) is 0 Å². The van der Waals surface area contributed by atoms with Gasteiger partial charge in [0, 0.05) is 26.2 Å². The summed E-state index contributed by atoms with van der Waals surface area (Å²) in [7, 11) is 1.99. The zero-order chi connectivity index (χ0) is 11.5. The van der Waals surface area contributed by atoms with E-state index in [-0.39, 0.29) is 0 Å². The molecule has 0 radical (unpaired) electrons. The Balaban J connectivity index is 2.07. The molecule has 0 aliphatic carbocycles. The number of aromatic nitrogens is 2. The highest BCUT2D eigenvalue weighted by Gasteiger charge is 2.22. The van der Waals surface area contributed by atoms with Crippen LogP contribution in [0.4, 0.5) is 0 Å². The third-order valence-electron chi connectivity index (χ3n) is 3.38. The molecule has 1 aliphatic heterocycles. The van der Waals surface area contributed by atoms with E-state index in [0.29, 0.717) is 6.04 Å². The fourth-order valence-corrected chi connectivity index (χ4v) is 2.81. The van der Waals surface area contributed by atoms with Crippen molar-refractivity contribution >= 4 is 15.9 Å². The van der Waals surface area contributed by atoms with Gasteiger partial charge in [0.2, 0.25) is 0 Å². The first-order chi connectivity index (χ1) is 7.72. The highest BCUT2D eigenvalue weighted by molar-refractivity contribution is 9.10. The van der Waals surface area contributed by atoms with Gasteiger partial charge in [0.05, 0.1) is 16.4 Å².